The van der Waals surface area contributed by atoms with Gasteiger partial charge in [0.05, 0.1) is 0 Å². The quantitative estimate of drug-likeness (QED) is 0.596. The predicted molar refractivity (Wildman–Crippen MR) is 102 cm³/mol. The largest absolute Gasteiger partial charge is 0.300 e. The fourth-order valence-electron chi connectivity index (χ4n) is 4.59. The highest BCUT2D eigenvalue weighted by Gasteiger charge is 2.37. The third-order valence-corrected chi connectivity index (χ3v) is 6.89. The van der Waals surface area contributed by atoms with E-state index in [1.54, 1.807) is 0 Å². The Kier molecular flexibility index (Phi) is 2.88. The minimum atomic E-state index is -1.98. The molecule has 3 aliphatic heterocycles. The van der Waals surface area contributed by atoms with E-state index in [2.05, 4.69) is 48.5 Å². The van der Waals surface area contributed by atoms with E-state index < -0.39 is 6.98 Å². The number of hydrogen-bond acceptors (Lipinski definition) is 2. The van der Waals surface area contributed by atoms with Gasteiger partial charge in [0.25, 0.3) is 0 Å². The summed E-state index contributed by atoms with van der Waals surface area (Å²) in [7, 11) is 0. The number of benzene rings is 2. The van der Waals surface area contributed by atoms with Gasteiger partial charge in [-0.1, -0.05) is 48.0 Å². The number of nitrogens with zero attached hydrogens (tertiary/aromatic N) is 1. The zero-order valence-electron chi connectivity index (χ0n) is 16.7. The fraction of sp³-hybridized carbons (Fsp3) is 0.364. The van der Waals surface area contributed by atoms with Gasteiger partial charge in [0.2, 0.25) is 0 Å². The SMILES string of the molecule is [2H][13C]([2H])([2H])N1C2CCC1CC(=C1c3ccccc3CSc3ccccc31)C2. The Labute approximate surface area is 153 Å². The Balaban J connectivity index is 1.67. The molecule has 1 nitrogen and oxygen atoms in total. The summed E-state index contributed by atoms with van der Waals surface area (Å²) in [5, 5.41) is 0. The number of rotatable bonds is 0. The van der Waals surface area contributed by atoms with E-state index in [-0.39, 0.29) is 12.1 Å². The molecule has 0 spiro atoms. The van der Waals surface area contributed by atoms with Crippen LogP contribution in [0.3, 0.4) is 0 Å². The Morgan fingerprint density at radius 3 is 2.46 bits per heavy atom. The van der Waals surface area contributed by atoms with Gasteiger partial charge in [-0.15, -0.1) is 11.8 Å². The van der Waals surface area contributed by atoms with Crippen LogP contribution in [0.1, 0.15) is 46.5 Å². The first-order valence-electron chi connectivity index (χ1n) is 10.3. The van der Waals surface area contributed by atoms with Crippen LogP contribution >= 0.6 is 11.8 Å². The van der Waals surface area contributed by atoms with E-state index in [4.69, 9.17) is 4.11 Å². The molecule has 3 heterocycles. The molecule has 2 heteroatoms. The second-order valence-corrected chi connectivity index (χ2v) is 8.14. The molecule has 0 aliphatic carbocycles. The summed E-state index contributed by atoms with van der Waals surface area (Å²) in [6.07, 6.45) is 3.74. The molecular formula is C22H23NS. The van der Waals surface area contributed by atoms with Crippen LogP contribution in [0.15, 0.2) is 59.0 Å². The molecule has 2 fully saturated rings. The van der Waals surface area contributed by atoms with Gasteiger partial charge in [0.1, 0.15) is 0 Å². The van der Waals surface area contributed by atoms with E-state index in [0.717, 1.165) is 31.4 Å². The molecule has 0 amide bonds. The van der Waals surface area contributed by atoms with Crippen molar-refractivity contribution < 1.29 is 4.11 Å². The van der Waals surface area contributed by atoms with Crippen molar-refractivity contribution in [3.63, 3.8) is 0 Å². The summed E-state index contributed by atoms with van der Waals surface area (Å²) < 4.78 is 23.8. The number of fused-ring (bicyclic) bond motifs is 4. The zero-order chi connectivity index (χ0) is 18.6. The standard InChI is InChI=1S/C22H23NS/c1-23-17-10-11-18(23)13-16(12-17)22-19-7-3-2-6-15(19)14-24-21-9-5-4-8-20(21)22/h2-9,17-18H,10-14H2,1H3/i1+1D3. The van der Waals surface area contributed by atoms with E-state index in [0.29, 0.717) is 0 Å². The van der Waals surface area contributed by atoms with Crippen LogP contribution in [0, 0.1) is 0 Å². The average Bonchev–Trinajstić information content (AvgIpc) is 2.84. The van der Waals surface area contributed by atoms with E-state index in [9.17, 15) is 0 Å². The molecule has 2 atom stereocenters. The molecule has 24 heavy (non-hydrogen) atoms. The average molecular weight is 338 g/mol. The van der Waals surface area contributed by atoms with E-state index >= 15 is 0 Å². The lowest BCUT2D eigenvalue weighted by molar-refractivity contribution is 0.210. The molecule has 0 saturated carbocycles. The first-order valence-corrected chi connectivity index (χ1v) is 9.82. The van der Waals surface area contributed by atoms with Crippen molar-refractivity contribution in [2.75, 3.05) is 6.98 Å². The van der Waals surface area contributed by atoms with Crippen molar-refractivity contribution in [3.8, 4) is 0 Å². The maximum atomic E-state index is 7.95. The maximum Gasteiger partial charge on any atom is 0.0394 e. The summed E-state index contributed by atoms with van der Waals surface area (Å²) in [6, 6.07) is 17.7. The normalized spacial score (nSPS) is 28.4. The van der Waals surface area contributed by atoms with Crippen LogP contribution in [0.2, 0.25) is 0 Å². The van der Waals surface area contributed by atoms with Crippen molar-refractivity contribution in [3.05, 3.63) is 70.8 Å². The summed E-state index contributed by atoms with van der Waals surface area (Å²) in [4.78, 5) is 3.15. The number of thioether (sulfide) groups is 1. The predicted octanol–water partition coefficient (Wildman–Crippen LogP) is 5.35. The number of hydrogen-bond donors (Lipinski definition) is 0. The molecule has 0 aromatic heterocycles. The molecule has 0 radical (unpaired) electrons. The van der Waals surface area contributed by atoms with Crippen LogP contribution in [0.5, 0.6) is 0 Å². The Bertz CT molecular complexity index is 852. The maximum absolute atomic E-state index is 7.95. The first-order chi connectivity index (χ1) is 13.0. The summed E-state index contributed by atoms with van der Waals surface area (Å²) >= 11 is 1.91. The van der Waals surface area contributed by atoms with E-state index in [1.807, 2.05) is 16.7 Å². The summed E-state index contributed by atoms with van der Waals surface area (Å²) in [5.74, 6) is 0.984. The third kappa shape index (κ3) is 2.28. The molecule has 2 aromatic rings. The Morgan fingerprint density at radius 1 is 0.958 bits per heavy atom. The van der Waals surface area contributed by atoms with Crippen molar-refractivity contribution >= 4 is 17.3 Å². The topological polar surface area (TPSA) is 3.24 Å². The van der Waals surface area contributed by atoms with Gasteiger partial charge in [-0.3, -0.25) is 4.90 Å². The lowest BCUT2D eigenvalue weighted by atomic mass is 9.84. The molecule has 0 N–H and O–H groups in total. The van der Waals surface area contributed by atoms with Gasteiger partial charge in [-0.25, -0.2) is 0 Å². The van der Waals surface area contributed by atoms with Gasteiger partial charge in [-0.05, 0) is 61.0 Å². The van der Waals surface area contributed by atoms with Crippen LogP contribution in [0.25, 0.3) is 5.57 Å². The molecule has 3 aliphatic rings. The monoisotopic (exact) mass is 337 g/mol. The lowest BCUT2D eigenvalue weighted by Crippen LogP contribution is -2.37. The summed E-state index contributed by atoms with van der Waals surface area (Å²) in [5.41, 5.74) is 6.86. The highest BCUT2D eigenvalue weighted by molar-refractivity contribution is 7.98. The van der Waals surface area contributed by atoms with Gasteiger partial charge in [0, 0.05) is 26.8 Å². The minimum Gasteiger partial charge on any atom is -0.300 e. The van der Waals surface area contributed by atoms with Crippen LogP contribution in [-0.2, 0) is 5.75 Å². The minimum absolute atomic E-state index is 0.147. The van der Waals surface area contributed by atoms with Crippen LogP contribution in [0.4, 0.5) is 0 Å². The smallest absolute Gasteiger partial charge is 0.0394 e. The summed E-state index contributed by atoms with van der Waals surface area (Å²) in [6.45, 7) is -1.98. The van der Waals surface area contributed by atoms with Gasteiger partial charge in [0.15, 0.2) is 0 Å². The third-order valence-electron chi connectivity index (χ3n) is 5.76. The zero-order valence-corrected chi connectivity index (χ0v) is 14.5. The van der Waals surface area contributed by atoms with Crippen molar-refractivity contribution in [2.24, 2.45) is 0 Å². The molecule has 2 bridgehead atoms. The van der Waals surface area contributed by atoms with Gasteiger partial charge in [-0.2, -0.15) is 0 Å². The van der Waals surface area contributed by atoms with Crippen molar-refractivity contribution in [1.29, 1.82) is 0 Å². The Morgan fingerprint density at radius 2 is 1.67 bits per heavy atom. The second kappa shape index (κ2) is 5.79. The first kappa shape index (κ1) is 11.9. The fourth-order valence-corrected chi connectivity index (χ4v) is 5.65. The highest BCUT2D eigenvalue weighted by Crippen LogP contribution is 2.46. The van der Waals surface area contributed by atoms with Crippen molar-refractivity contribution in [2.45, 2.75) is 48.4 Å². The molecule has 122 valence electrons. The number of piperidine rings is 1. The van der Waals surface area contributed by atoms with Crippen molar-refractivity contribution in [1.82, 2.24) is 4.90 Å². The Hall–Kier alpha value is -1.51. The molecular weight excluding hydrogens is 311 g/mol. The van der Waals surface area contributed by atoms with E-state index in [1.165, 1.54) is 32.7 Å². The van der Waals surface area contributed by atoms with Crippen LogP contribution < -0.4 is 0 Å². The molecule has 2 saturated heterocycles. The molecule has 2 unspecified atom stereocenters. The second-order valence-electron chi connectivity index (χ2n) is 7.12. The van der Waals surface area contributed by atoms with Crippen LogP contribution in [-0.4, -0.2) is 24.0 Å². The molecule has 2 aromatic carbocycles. The van der Waals surface area contributed by atoms with Gasteiger partial charge >= 0.3 is 0 Å². The van der Waals surface area contributed by atoms with Gasteiger partial charge < -0.3 is 0 Å². The highest BCUT2D eigenvalue weighted by atomic mass is 32.2. The molecule has 5 rings (SSSR count). The lowest BCUT2D eigenvalue weighted by Gasteiger charge is -2.34.